The highest BCUT2D eigenvalue weighted by atomic mass is 16.2. The van der Waals surface area contributed by atoms with Crippen LogP contribution >= 0.6 is 0 Å². The Morgan fingerprint density at radius 1 is 1.05 bits per heavy atom. The van der Waals surface area contributed by atoms with Crippen LogP contribution in [-0.2, 0) is 4.79 Å². The molecule has 4 bridgehead atoms. The Hall–Kier alpha value is -0.530. The number of hydrogen-bond acceptors (Lipinski definition) is 1. The summed E-state index contributed by atoms with van der Waals surface area (Å²) in [6.07, 6.45) is 10.1. The molecular formula is C17H29NO. The Morgan fingerprint density at radius 2 is 1.53 bits per heavy atom. The molecule has 0 atom stereocenters. The third-order valence-electron chi connectivity index (χ3n) is 5.79. The Morgan fingerprint density at radius 3 is 1.95 bits per heavy atom. The first-order valence-electron chi connectivity index (χ1n) is 8.15. The zero-order valence-corrected chi connectivity index (χ0v) is 12.8. The second-order valence-electron chi connectivity index (χ2n) is 8.67. The predicted octanol–water partition coefficient (Wildman–Crippen LogP) is 3.76. The topological polar surface area (TPSA) is 29.1 Å². The van der Waals surface area contributed by atoms with E-state index >= 15 is 0 Å². The van der Waals surface area contributed by atoms with E-state index in [1.54, 1.807) is 0 Å². The molecule has 0 aromatic heterocycles. The van der Waals surface area contributed by atoms with E-state index in [0.717, 1.165) is 24.3 Å². The summed E-state index contributed by atoms with van der Waals surface area (Å²) in [5, 5.41) is 3.16. The highest BCUT2D eigenvalue weighted by Crippen LogP contribution is 2.61. The van der Waals surface area contributed by atoms with Crippen molar-refractivity contribution in [3.8, 4) is 0 Å². The van der Waals surface area contributed by atoms with Gasteiger partial charge in [0.25, 0.3) is 0 Å². The maximum Gasteiger partial charge on any atom is 0.225 e. The molecule has 4 saturated carbocycles. The zero-order chi connectivity index (χ0) is 13.7. The van der Waals surface area contributed by atoms with Gasteiger partial charge in [-0.1, -0.05) is 20.8 Å². The minimum Gasteiger partial charge on any atom is -0.356 e. The van der Waals surface area contributed by atoms with Crippen molar-refractivity contribution in [3.63, 3.8) is 0 Å². The third-order valence-corrected chi connectivity index (χ3v) is 5.79. The Labute approximate surface area is 117 Å². The number of amides is 1. The molecule has 0 spiro atoms. The van der Waals surface area contributed by atoms with Gasteiger partial charge in [0.2, 0.25) is 5.91 Å². The van der Waals surface area contributed by atoms with E-state index in [0.29, 0.717) is 5.41 Å². The molecule has 0 saturated heterocycles. The van der Waals surface area contributed by atoms with E-state index in [1.165, 1.54) is 44.9 Å². The van der Waals surface area contributed by atoms with Crippen molar-refractivity contribution in [2.24, 2.45) is 28.6 Å². The Kier molecular flexibility index (Phi) is 3.18. The quantitative estimate of drug-likeness (QED) is 0.825. The van der Waals surface area contributed by atoms with Crippen LogP contribution in [0.1, 0.15) is 65.7 Å². The van der Waals surface area contributed by atoms with Crippen LogP contribution in [0.2, 0.25) is 0 Å². The fourth-order valence-electron chi connectivity index (χ4n) is 5.30. The summed E-state index contributed by atoms with van der Waals surface area (Å²) in [6.45, 7) is 6.87. The molecule has 4 rings (SSSR count). The molecule has 2 heteroatoms. The van der Waals surface area contributed by atoms with Gasteiger partial charge >= 0.3 is 0 Å². The molecule has 4 fully saturated rings. The van der Waals surface area contributed by atoms with E-state index in [-0.39, 0.29) is 11.3 Å². The summed E-state index contributed by atoms with van der Waals surface area (Å²) < 4.78 is 0. The first-order valence-corrected chi connectivity index (χ1v) is 8.15. The molecule has 2 nitrogen and oxygen atoms in total. The van der Waals surface area contributed by atoms with Crippen LogP contribution in [0.3, 0.4) is 0 Å². The van der Waals surface area contributed by atoms with E-state index in [1.807, 2.05) is 20.8 Å². The van der Waals surface area contributed by atoms with Gasteiger partial charge in [0.1, 0.15) is 0 Å². The summed E-state index contributed by atoms with van der Waals surface area (Å²) >= 11 is 0. The highest BCUT2D eigenvalue weighted by molar-refractivity contribution is 5.81. The van der Waals surface area contributed by atoms with E-state index in [2.05, 4.69) is 5.32 Å². The van der Waals surface area contributed by atoms with Gasteiger partial charge in [-0.05, 0) is 68.1 Å². The molecule has 1 amide bonds. The van der Waals surface area contributed by atoms with E-state index in [9.17, 15) is 4.79 Å². The van der Waals surface area contributed by atoms with Crippen molar-refractivity contribution in [1.82, 2.24) is 5.32 Å². The molecule has 0 aliphatic heterocycles. The maximum absolute atomic E-state index is 11.9. The smallest absolute Gasteiger partial charge is 0.225 e. The van der Waals surface area contributed by atoms with Crippen LogP contribution < -0.4 is 5.32 Å². The molecule has 0 heterocycles. The molecule has 1 N–H and O–H groups in total. The van der Waals surface area contributed by atoms with Gasteiger partial charge in [-0.15, -0.1) is 0 Å². The fourth-order valence-corrected chi connectivity index (χ4v) is 5.30. The van der Waals surface area contributed by atoms with Crippen molar-refractivity contribution >= 4 is 5.91 Å². The van der Waals surface area contributed by atoms with Gasteiger partial charge in [-0.2, -0.15) is 0 Å². The number of rotatable bonds is 3. The first-order chi connectivity index (χ1) is 8.86. The molecule has 19 heavy (non-hydrogen) atoms. The first kappa shape index (κ1) is 13.5. The average molecular weight is 263 g/mol. The lowest BCUT2D eigenvalue weighted by Gasteiger charge is -2.57. The van der Waals surface area contributed by atoms with Gasteiger partial charge in [-0.3, -0.25) is 4.79 Å². The summed E-state index contributed by atoms with van der Waals surface area (Å²) in [4.78, 5) is 11.9. The molecule has 0 unspecified atom stereocenters. The van der Waals surface area contributed by atoms with Crippen molar-refractivity contribution in [3.05, 3.63) is 0 Å². The maximum atomic E-state index is 11.9. The summed E-state index contributed by atoms with van der Waals surface area (Å²) in [5.41, 5.74) is 0.349. The standard InChI is InChI=1S/C17H29NO/c1-16(2,3)15(19)18-5-4-17-9-12-6-13(10-17)8-14(7-12)11-17/h12-14H,4-11H2,1-3H3,(H,18,19). The Balaban J connectivity index is 1.54. The SMILES string of the molecule is CC(C)(C)C(=O)NCCC12CC3CC(CC(C3)C1)C2. The van der Waals surface area contributed by atoms with Crippen molar-refractivity contribution in [2.75, 3.05) is 6.54 Å². The molecule has 108 valence electrons. The van der Waals surface area contributed by atoms with Crippen LogP contribution in [0.5, 0.6) is 0 Å². The summed E-state index contributed by atoms with van der Waals surface area (Å²) in [6, 6.07) is 0. The number of carbonyl (C=O) groups is 1. The lowest BCUT2D eigenvalue weighted by Crippen LogP contribution is -2.47. The fraction of sp³-hybridized carbons (Fsp3) is 0.941. The molecule has 4 aliphatic rings. The van der Waals surface area contributed by atoms with E-state index in [4.69, 9.17) is 0 Å². The second-order valence-corrected chi connectivity index (χ2v) is 8.67. The summed E-state index contributed by atoms with van der Waals surface area (Å²) in [7, 11) is 0. The predicted molar refractivity (Wildman–Crippen MR) is 77.7 cm³/mol. The van der Waals surface area contributed by atoms with Gasteiger partial charge < -0.3 is 5.32 Å². The average Bonchev–Trinajstić information content (AvgIpc) is 2.25. The largest absolute Gasteiger partial charge is 0.356 e. The monoisotopic (exact) mass is 263 g/mol. The van der Waals surface area contributed by atoms with Crippen LogP contribution in [0.25, 0.3) is 0 Å². The minimum absolute atomic E-state index is 0.206. The zero-order valence-electron chi connectivity index (χ0n) is 12.8. The molecule has 0 aromatic rings. The number of nitrogens with one attached hydrogen (secondary N) is 1. The van der Waals surface area contributed by atoms with Crippen molar-refractivity contribution in [2.45, 2.75) is 65.7 Å². The second kappa shape index (κ2) is 4.49. The molecule has 4 aliphatic carbocycles. The van der Waals surface area contributed by atoms with Crippen LogP contribution in [0.15, 0.2) is 0 Å². The van der Waals surface area contributed by atoms with E-state index < -0.39 is 0 Å². The number of hydrogen-bond donors (Lipinski definition) is 1. The third kappa shape index (κ3) is 2.68. The molecule has 0 radical (unpaired) electrons. The minimum atomic E-state index is -0.249. The number of carbonyl (C=O) groups excluding carboxylic acids is 1. The van der Waals surface area contributed by atoms with Gasteiger partial charge in [0.15, 0.2) is 0 Å². The van der Waals surface area contributed by atoms with Gasteiger partial charge in [-0.25, -0.2) is 0 Å². The molecular weight excluding hydrogens is 234 g/mol. The van der Waals surface area contributed by atoms with Gasteiger partial charge in [0.05, 0.1) is 0 Å². The lowest BCUT2D eigenvalue weighted by atomic mass is 9.49. The summed E-state index contributed by atoms with van der Waals surface area (Å²) in [5.74, 6) is 3.26. The van der Waals surface area contributed by atoms with Crippen LogP contribution in [0.4, 0.5) is 0 Å². The van der Waals surface area contributed by atoms with Crippen LogP contribution in [0, 0.1) is 28.6 Å². The van der Waals surface area contributed by atoms with Gasteiger partial charge in [0, 0.05) is 12.0 Å². The van der Waals surface area contributed by atoms with Crippen molar-refractivity contribution in [1.29, 1.82) is 0 Å². The normalized spacial score (nSPS) is 40.5. The van der Waals surface area contributed by atoms with Crippen molar-refractivity contribution < 1.29 is 4.79 Å². The Bertz CT molecular complexity index is 331. The van der Waals surface area contributed by atoms with Crippen LogP contribution in [-0.4, -0.2) is 12.5 Å². The highest BCUT2D eigenvalue weighted by Gasteiger charge is 2.50. The molecule has 0 aromatic carbocycles. The lowest BCUT2D eigenvalue weighted by molar-refractivity contribution is -0.128.